The zero-order valence-corrected chi connectivity index (χ0v) is 17.0. The highest BCUT2D eigenvalue weighted by molar-refractivity contribution is 7.91. The summed E-state index contributed by atoms with van der Waals surface area (Å²) in [5.74, 6) is 1.21. The van der Waals surface area contributed by atoms with Gasteiger partial charge in [-0.3, -0.25) is 4.40 Å². The fourth-order valence-corrected chi connectivity index (χ4v) is 6.03. The molecule has 4 aromatic rings. The summed E-state index contributed by atoms with van der Waals surface area (Å²) in [6, 6.07) is 8.87. The first-order valence-electron chi connectivity index (χ1n) is 9.66. The summed E-state index contributed by atoms with van der Waals surface area (Å²) < 4.78 is 28.8. The minimum atomic E-state index is -3.88. The molecule has 0 amide bonds. The number of nitrogens with two attached hydrogens (primary N) is 1. The topological polar surface area (TPSA) is 119 Å². The number of H-pyrrole nitrogens is 1. The first kappa shape index (κ1) is 18.3. The van der Waals surface area contributed by atoms with Crippen LogP contribution in [0.5, 0.6) is 0 Å². The van der Waals surface area contributed by atoms with Gasteiger partial charge in [-0.25, -0.2) is 13.4 Å². The number of nitrogens with one attached hydrogen (secondary N) is 1. The normalized spacial score (nSPS) is 22.7. The highest BCUT2D eigenvalue weighted by Crippen LogP contribution is 2.39. The Kier molecular flexibility index (Phi) is 4.01. The van der Waals surface area contributed by atoms with Gasteiger partial charge in [0.15, 0.2) is 11.3 Å². The van der Waals surface area contributed by atoms with Crippen molar-refractivity contribution in [3.05, 3.63) is 47.9 Å². The van der Waals surface area contributed by atoms with Crippen molar-refractivity contribution in [2.45, 2.75) is 48.6 Å². The third-order valence-electron chi connectivity index (χ3n) is 5.92. The monoisotopic (exact) mass is 410 g/mol. The van der Waals surface area contributed by atoms with Crippen LogP contribution < -0.4 is 5.73 Å². The molecule has 1 saturated carbocycles. The Bertz CT molecular complexity index is 1340. The number of hydrogen-bond donors (Lipinski definition) is 2. The van der Waals surface area contributed by atoms with E-state index in [-0.39, 0.29) is 27.5 Å². The number of aryl methyl sites for hydroxylation is 1. The second kappa shape index (κ2) is 6.36. The van der Waals surface area contributed by atoms with E-state index in [4.69, 9.17) is 5.73 Å². The van der Waals surface area contributed by atoms with Crippen molar-refractivity contribution in [2.75, 3.05) is 0 Å². The standard InChI is InChI=1S/C20H22N6O2S/c1-11-5-3-4-6-16(11)29(27,28)20-19-25-24-18(14-10-13(21)9-12(14)2)26(19)15-7-8-22-17(15)23-20/h3-8,12-14,22H,9-10,21H2,1-2H3/t12-,13+,14+/m1/s1. The average molecular weight is 411 g/mol. The minimum Gasteiger partial charge on any atom is -0.345 e. The second-order valence-corrected chi connectivity index (χ2v) is 9.76. The predicted octanol–water partition coefficient (Wildman–Crippen LogP) is 2.59. The molecule has 1 fully saturated rings. The molecule has 0 unspecified atom stereocenters. The molecule has 1 aromatic carbocycles. The summed E-state index contributed by atoms with van der Waals surface area (Å²) in [6.07, 6.45) is 3.46. The average Bonchev–Trinajstić information content (AvgIpc) is 3.38. The zero-order chi connectivity index (χ0) is 20.3. The van der Waals surface area contributed by atoms with E-state index in [9.17, 15) is 8.42 Å². The summed E-state index contributed by atoms with van der Waals surface area (Å²) in [7, 11) is -3.88. The Morgan fingerprint density at radius 1 is 1.17 bits per heavy atom. The lowest BCUT2D eigenvalue weighted by Crippen LogP contribution is -2.15. The summed E-state index contributed by atoms with van der Waals surface area (Å²) in [5, 5.41) is 8.62. The van der Waals surface area contributed by atoms with Crippen LogP contribution >= 0.6 is 0 Å². The molecule has 1 aliphatic rings. The van der Waals surface area contributed by atoms with Crippen molar-refractivity contribution in [1.82, 2.24) is 24.6 Å². The number of nitrogens with zero attached hydrogens (tertiary/aromatic N) is 4. The molecule has 0 spiro atoms. The molecule has 0 bridgehead atoms. The lowest BCUT2D eigenvalue weighted by Gasteiger charge is -2.14. The predicted molar refractivity (Wildman–Crippen MR) is 108 cm³/mol. The Labute approximate surface area is 168 Å². The van der Waals surface area contributed by atoms with Gasteiger partial charge in [-0.05, 0) is 43.4 Å². The molecule has 0 radical (unpaired) electrons. The minimum absolute atomic E-state index is 0.0875. The van der Waals surface area contributed by atoms with E-state index in [0.717, 1.165) is 24.2 Å². The van der Waals surface area contributed by atoms with Crippen LogP contribution in [0.15, 0.2) is 46.5 Å². The van der Waals surface area contributed by atoms with Gasteiger partial charge in [-0.2, -0.15) is 0 Å². The van der Waals surface area contributed by atoms with Crippen molar-refractivity contribution in [1.29, 1.82) is 0 Å². The Morgan fingerprint density at radius 3 is 2.69 bits per heavy atom. The largest absolute Gasteiger partial charge is 0.345 e. The lowest BCUT2D eigenvalue weighted by atomic mass is 9.97. The maximum atomic E-state index is 13.5. The van der Waals surface area contributed by atoms with E-state index >= 15 is 0 Å². The number of aromatic amines is 1. The van der Waals surface area contributed by atoms with Crippen LogP contribution in [-0.4, -0.2) is 39.0 Å². The number of aromatic nitrogens is 5. The highest BCUT2D eigenvalue weighted by Gasteiger charge is 2.36. The van der Waals surface area contributed by atoms with E-state index in [1.165, 1.54) is 0 Å². The lowest BCUT2D eigenvalue weighted by molar-refractivity contribution is 0.506. The van der Waals surface area contributed by atoms with Crippen LogP contribution in [0.3, 0.4) is 0 Å². The Hall–Kier alpha value is -2.78. The molecule has 3 aromatic heterocycles. The fourth-order valence-electron chi connectivity index (χ4n) is 4.49. The molecule has 3 atom stereocenters. The van der Waals surface area contributed by atoms with E-state index in [1.54, 1.807) is 31.3 Å². The number of rotatable bonds is 3. The van der Waals surface area contributed by atoms with Crippen LogP contribution in [0.25, 0.3) is 16.8 Å². The van der Waals surface area contributed by atoms with Gasteiger partial charge < -0.3 is 10.7 Å². The zero-order valence-electron chi connectivity index (χ0n) is 16.2. The molecular weight excluding hydrogens is 388 g/mol. The molecule has 150 valence electrons. The number of sulfone groups is 1. The second-order valence-electron chi connectivity index (χ2n) is 7.93. The third kappa shape index (κ3) is 2.68. The summed E-state index contributed by atoms with van der Waals surface area (Å²) in [4.78, 5) is 7.70. The first-order chi connectivity index (χ1) is 13.9. The van der Waals surface area contributed by atoms with E-state index in [0.29, 0.717) is 17.1 Å². The summed E-state index contributed by atoms with van der Waals surface area (Å²) >= 11 is 0. The van der Waals surface area contributed by atoms with Crippen molar-refractivity contribution < 1.29 is 8.42 Å². The summed E-state index contributed by atoms with van der Waals surface area (Å²) in [6.45, 7) is 3.92. The van der Waals surface area contributed by atoms with E-state index in [1.807, 2.05) is 16.5 Å². The molecular formula is C20H22N6O2S. The SMILES string of the molecule is Cc1ccccc1S(=O)(=O)c1nc2[nH]ccc2n2c([C@H]3C[C@@H](N)C[C@H]3C)nnc12. The fraction of sp³-hybridized carbons (Fsp3) is 0.350. The summed E-state index contributed by atoms with van der Waals surface area (Å²) in [5.41, 5.74) is 8.34. The van der Waals surface area contributed by atoms with Crippen LogP contribution in [0, 0.1) is 12.8 Å². The van der Waals surface area contributed by atoms with Crippen molar-refractivity contribution in [3.8, 4) is 0 Å². The Morgan fingerprint density at radius 2 is 1.97 bits per heavy atom. The van der Waals surface area contributed by atoms with E-state index in [2.05, 4.69) is 27.1 Å². The first-order valence-corrected chi connectivity index (χ1v) is 11.1. The molecule has 29 heavy (non-hydrogen) atoms. The van der Waals surface area contributed by atoms with E-state index < -0.39 is 9.84 Å². The van der Waals surface area contributed by atoms with Crippen molar-refractivity contribution in [3.63, 3.8) is 0 Å². The highest BCUT2D eigenvalue weighted by atomic mass is 32.2. The van der Waals surface area contributed by atoms with Gasteiger partial charge in [-0.1, -0.05) is 25.1 Å². The van der Waals surface area contributed by atoms with Gasteiger partial charge >= 0.3 is 0 Å². The molecule has 8 nitrogen and oxygen atoms in total. The van der Waals surface area contributed by atoms with Crippen LogP contribution in [0.2, 0.25) is 0 Å². The van der Waals surface area contributed by atoms with Gasteiger partial charge in [0.25, 0.3) is 0 Å². The van der Waals surface area contributed by atoms with Crippen molar-refractivity contribution >= 4 is 26.6 Å². The molecule has 3 heterocycles. The maximum absolute atomic E-state index is 13.5. The van der Waals surface area contributed by atoms with Gasteiger partial charge in [0.2, 0.25) is 14.9 Å². The van der Waals surface area contributed by atoms with Crippen LogP contribution in [0.1, 0.15) is 37.1 Å². The molecule has 1 aliphatic carbocycles. The number of hydrogen-bond acceptors (Lipinski definition) is 6. The van der Waals surface area contributed by atoms with Gasteiger partial charge in [0.05, 0.1) is 10.4 Å². The maximum Gasteiger partial charge on any atom is 0.228 e. The van der Waals surface area contributed by atoms with Gasteiger partial charge in [0, 0.05) is 18.2 Å². The quantitative estimate of drug-likeness (QED) is 0.536. The van der Waals surface area contributed by atoms with Crippen molar-refractivity contribution in [2.24, 2.45) is 11.7 Å². The third-order valence-corrected chi connectivity index (χ3v) is 7.74. The van der Waals surface area contributed by atoms with Gasteiger partial charge in [-0.15, -0.1) is 10.2 Å². The van der Waals surface area contributed by atoms with Crippen LogP contribution in [0.4, 0.5) is 0 Å². The Balaban J connectivity index is 1.81. The van der Waals surface area contributed by atoms with Crippen LogP contribution in [-0.2, 0) is 9.84 Å². The molecule has 5 rings (SSSR count). The van der Waals surface area contributed by atoms with Gasteiger partial charge in [0.1, 0.15) is 5.82 Å². The molecule has 0 saturated heterocycles. The molecule has 3 N–H and O–H groups in total. The molecule has 0 aliphatic heterocycles. The molecule has 9 heteroatoms. The number of fused-ring (bicyclic) bond motifs is 3. The number of benzene rings is 1. The smallest absolute Gasteiger partial charge is 0.228 e.